The molecular weight excluding hydrogens is 124 g/mol. The zero-order valence-corrected chi connectivity index (χ0v) is 5.70. The van der Waals surface area contributed by atoms with Gasteiger partial charge in [-0.15, -0.1) is 0 Å². The van der Waals surface area contributed by atoms with E-state index < -0.39 is 5.92 Å². The van der Waals surface area contributed by atoms with Crippen LogP contribution in [0.3, 0.4) is 0 Å². The van der Waals surface area contributed by atoms with Gasteiger partial charge in [0, 0.05) is 27.1 Å². The monoisotopic (exact) mass is 133 g/mol. The smallest absolute Gasteiger partial charge is 0.307 e. The van der Waals surface area contributed by atoms with Crippen LogP contribution in [-0.4, -0.2) is 24.9 Å². The predicted molar refractivity (Wildman–Crippen MR) is 32.1 cm³/mol. The Kier molecular flexibility index (Phi) is 2.44. The van der Waals surface area contributed by atoms with E-state index in [0.717, 1.165) is 6.92 Å². The van der Waals surface area contributed by atoms with E-state index in [-0.39, 0.29) is 0 Å². The summed E-state index contributed by atoms with van der Waals surface area (Å²) in [7, 11) is 3.22. The molecule has 0 spiro atoms. The second-order valence-electron chi connectivity index (χ2n) is 2.02. The predicted octanol–water partition coefficient (Wildman–Crippen LogP) is 1.16. The first-order valence-corrected chi connectivity index (χ1v) is 2.50. The van der Waals surface area contributed by atoms with E-state index in [1.54, 1.807) is 20.0 Å². The standard InChI is InChI=1S/C6H9F2N/c1-6(7,8)4-5-9(2)3/h1-3H3. The summed E-state index contributed by atoms with van der Waals surface area (Å²) in [5, 5.41) is 0. The van der Waals surface area contributed by atoms with Crippen LogP contribution >= 0.6 is 0 Å². The van der Waals surface area contributed by atoms with Crippen molar-refractivity contribution in [2.45, 2.75) is 12.8 Å². The molecule has 0 N–H and O–H groups in total. The lowest BCUT2D eigenvalue weighted by Gasteiger charge is -2.01. The first-order chi connectivity index (χ1) is 3.92. The van der Waals surface area contributed by atoms with Crippen molar-refractivity contribution in [2.75, 3.05) is 14.1 Å². The number of halogens is 2. The molecule has 0 saturated heterocycles. The molecule has 0 atom stereocenters. The summed E-state index contributed by atoms with van der Waals surface area (Å²) in [5.74, 6) is -1.11. The Morgan fingerprint density at radius 2 is 1.78 bits per heavy atom. The quantitative estimate of drug-likeness (QED) is 0.354. The highest BCUT2D eigenvalue weighted by atomic mass is 19.3. The lowest BCUT2D eigenvalue weighted by Crippen LogP contribution is -2.08. The van der Waals surface area contributed by atoms with Gasteiger partial charge in [0.15, 0.2) is 0 Å². The molecule has 0 amide bonds. The van der Waals surface area contributed by atoms with Crippen LogP contribution in [0.4, 0.5) is 8.78 Å². The summed E-state index contributed by atoms with van der Waals surface area (Å²) in [6.45, 7) is 0.767. The number of nitrogens with zero attached hydrogens (tertiary/aromatic N) is 1. The molecule has 0 aromatic rings. The SMILES string of the molecule is CN(C)C#CC(C)(F)F. The normalized spacial score (nSPS) is 9.89. The largest absolute Gasteiger partial charge is 0.339 e. The average molecular weight is 133 g/mol. The van der Waals surface area contributed by atoms with Gasteiger partial charge in [0.05, 0.1) is 0 Å². The van der Waals surface area contributed by atoms with Crippen LogP contribution in [0.2, 0.25) is 0 Å². The lowest BCUT2D eigenvalue weighted by molar-refractivity contribution is 0.0884. The molecule has 3 heteroatoms. The van der Waals surface area contributed by atoms with E-state index in [4.69, 9.17) is 0 Å². The summed E-state index contributed by atoms with van der Waals surface area (Å²) in [5.41, 5.74) is 0. The van der Waals surface area contributed by atoms with Gasteiger partial charge in [-0.25, -0.2) is 0 Å². The molecule has 0 aliphatic carbocycles. The maximum atomic E-state index is 11.9. The first kappa shape index (κ1) is 8.22. The first-order valence-electron chi connectivity index (χ1n) is 2.50. The van der Waals surface area contributed by atoms with Gasteiger partial charge in [-0.1, -0.05) is 0 Å². The third-order valence-corrected chi connectivity index (χ3v) is 0.499. The van der Waals surface area contributed by atoms with Crippen molar-refractivity contribution in [2.24, 2.45) is 0 Å². The highest BCUT2D eigenvalue weighted by molar-refractivity contribution is 5.05. The van der Waals surface area contributed by atoms with Crippen LogP contribution < -0.4 is 0 Å². The van der Waals surface area contributed by atoms with Crippen molar-refractivity contribution >= 4 is 0 Å². The summed E-state index contributed by atoms with van der Waals surface area (Å²) < 4.78 is 23.8. The van der Waals surface area contributed by atoms with Gasteiger partial charge in [-0.3, -0.25) is 0 Å². The van der Waals surface area contributed by atoms with E-state index in [1.807, 2.05) is 0 Å². The molecule has 0 rings (SSSR count). The lowest BCUT2D eigenvalue weighted by atomic mass is 10.4. The highest BCUT2D eigenvalue weighted by Gasteiger charge is 2.15. The van der Waals surface area contributed by atoms with Crippen molar-refractivity contribution in [3.63, 3.8) is 0 Å². The molecule has 52 valence electrons. The van der Waals surface area contributed by atoms with Crippen molar-refractivity contribution in [1.29, 1.82) is 0 Å². The Morgan fingerprint density at radius 3 is 1.89 bits per heavy atom. The summed E-state index contributed by atoms with van der Waals surface area (Å²) in [4.78, 5) is 1.39. The molecule has 0 aliphatic heterocycles. The minimum absolute atomic E-state index is 0.767. The summed E-state index contributed by atoms with van der Waals surface area (Å²) >= 11 is 0. The van der Waals surface area contributed by atoms with Crippen LogP contribution in [-0.2, 0) is 0 Å². The Bertz CT molecular complexity index is 135. The molecule has 0 unspecified atom stereocenters. The topological polar surface area (TPSA) is 3.24 Å². The molecule has 0 heterocycles. The van der Waals surface area contributed by atoms with E-state index in [9.17, 15) is 8.78 Å². The maximum Gasteiger partial charge on any atom is 0.307 e. The Labute approximate surface area is 53.7 Å². The summed E-state index contributed by atoms with van der Waals surface area (Å²) in [6, 6.07) is 2.22. The molecule has 0 aliphatic rings. The van der Waals surface area contributed by atoms with Gasteiger partial charge in [0.25, 0.3) is 0 Å². The van der Waals surface area contributed by atoms with E-state index in [1.165, 1.54) is 4.90 Å². The van der Waals surface area contributed by atoms with Gasteiger partial charge in [-0.05, 0) is 5.92 Å². The van der Waals surface area contributed by atoms with Crippen molar-refractivity contribution in [3.8, 4) is 12.0 Å². The molecule has 0 aromatic heterocycles. The van der Waals surface area contributed by atoms with Crippen LogP contribution in [0.1, 0.15) is 6.92 Å². The molecule has 0 saturated carbocycles. The van der Waals surface area contributed by atoms with Crippen molar-refractivity contribution in [1.82, 2.24) is 4.90 Å². The molecule has 1 nitrogen and oxygen atoms in total. The second kappa shape index (κ2) is 2.67. The third kappa shape index (κ3) is 7.22. The average Bonchev–Trinajstić information content (AvgIpc) is 1.59. The Balaban J connectivity index is 3.88. The van der Waals surface area contributed by atoms with E-state index >= 15 is 0 Å². The molecule has 0 fully saturated rings. The van der Waals surface area contributed by atoms with Gasteiger partial charge < -0.3 is 4.90 Å². The van der Waals surface area contributed by atoms with Crippen molar-refractivity contribution < 1.29 is 8.78 Å². The Hall–Kier alpha value is -0.780. The maximum absolute atomic E-state index is 11.9. The minimum Gasteiger partial charge on any atom is -0.339 e. The summed E-state index contributed by atoms with van der Waals surface area (Å²) in [6.07, 6.45) is 0. The number of hydrogen-bond acceptors (Lipinski definition) is 1. The van der Waals surface area contributed by atoms with E-state index in [2.05, 4.69) is 6.04 Å². The van der Waals surface area contributed by atoms with Crippen molar-refractivity contribution in [3.05, 3.63) is 0 Å². The van der Waals surface area contributed by atoms with Crippen LogP contribution in [0, 0.1) is 12.0 Å². The van der Waals surface area contributed by atoms with Gasteiger partial charge in [-0.2, -0.15) is 8.78 Å². The fourth-order valence-electron chi connectivity index (χ4n) is 0.210. The number of hydrogen-bond donors (Lipinski definition) is 0. The number of alkyl halides is 2. The van der Waals surface area contributed by atoms with Gasteiger partial charge >= 0.3 is 5.92 Å². The second-order valence-corrected chi connectivity index (χ2v) is 2.02. The zero-order chi connectivity index (χ0) is 7.49. The zero-order valence-electron chi connectivity index (χ0n) is 5.70. The fourth-order valence-corrected chi connectivity index (χ4v) is 0.210. The molecule has 0 bridgehead atoms. The van der Waals surface area contributed by atoms with Gasteiger partial charge in [0.2, 0.25) is 0 Å². The highest BCUT2D eigenvalue weighted by Crippen LogP contribution is 2.07. The molecular formula is C6H9F2N. The molecule has 0 aromatic carbocycles. The third-order valence-electron chi connectivity index (χ3n) is 0.499. The van der Waals surface area contributed by atoms with Crippen LogP contribution in [0.5, 0.6) is 0 Å². The Morgan fingerprint density at radius 1 is 1.33 bits per heavy atom. The van der Waals surface area contributed by atoms with Crippen LogP contribution in [0.25, 0.3) is 0 Å². The fraction of sp³-hybridized carbons (Fsp3) is 0.667. The minimum atomic E-state index is -2.87. The molecule has 0 radical (unpaired) electrons. The van der Waals surface area contributed by atoms with Gasteiger partial charge in [0.1, 0.15) is 0 Å². The molecule has 9 heavy (non-hydrogen) atoms. The van der Waals surface area contributed by atoms with E-state index in [0.29, 0.717) is 0 Å². The number of rotatable bonds is 0. The van der Waals surface area contributed by atoms with Crippen LogP contribution in [0.15, 0.2) is 0 Å².